The van der Waals surface area contributed by atoms with Crippen LogP contribution < -0.4 is 5.32 Å². The van der Waals surface area contributed by atoms with Crippen molar-refractivity contribution >= 4 is 40.1 Å². The summed E-state index contributed by atoms with van der Waals surface area (Å²) < 4.78 is 13.1. The largest absolute Gasteiger partial charge is 0.326 e. The summed E-state index contributed by atoms with van der Waals surface area (Å²) >= 11 is 1.27. The summed E-state index contributed by atoms with van der Waals surface area (Å²) in [5.74, 6) is -0.689. The Labute approximate surface area is 168 Å². The van der Waals surface area contributed by atoms with Crippen LogP contribution >= 0.6 is 11.8 Å². The van der Waals surface area contributed by atoms with Crippen molar-refractivity contribution in [3.05, 3.63) is 59.4 Å². The molecule has 146 valence electrons. The summed E-state index contributed by atoms with van der Waals surface area (Å²) in [5, 5.41) is 2.88. The first-order valence-corrected chi connectivity index (χ1v) is 9.94. The van der Waals surface area contributed by atoms with E-state index in [1.54, 1.807) is 17.0 Å². The van der Waals surface area contributed by atoms with Gasteiger partial charge >= 0.3 is 0 Å². The van der Waals surface area contributed by atoms with E-state index in [1.165, 1.54) is 23.9 Å². The van der Waals surface area contributed by atoms with Crippen LogP contribution in [0, 0.1) is 19.7 Å². The van der Waals surface area contributed by atoms with Crippen LogP contribution in [0.25, 0.3) is 0 Å². The van der Waals surface area contributed by atoms with Gasteiger partial charge in [-0.2, -0.15) is 0 Å². The Morgan fingerprint density at radius 2 is 1.82 bits per heavy atom. The molecule has 1 aliphatic heterocycles. The van der Waals surface area contributed by atoms with Gasteiger partial charge in [0.15, 0.2) is 5.17 Å². The Kier molecular flexibility index (Phi) is 6.14. The molecule has 1 unspecified atom stereocenters. The fourth-order valence-electron chi connectivity index (χ4n) is 3.07. The molecular weight excluding hydrogens is 377 g/mol. The topological polar surface area (TPSA) is 61.8 Å². The van der Waals surface area contributed by atoms with Crippen LogP contribution in [0.5, 0.6) is 0 Å². The number of amides is 2. The normalized spacial score (nSPS) is 18.0. The number of nitrogens with zero attached hydrogens (tertiary/aromatic N) is 2. The van der Waals surface area contributed by atoms with Crippen molar-refractivity contribution in [2.45, 2.75) is 32.4 Å². The molecule has 1 aliphatic rings. The van der Waals surface area contributed by atoms with Gasteiger partial charge in [0.1, 0.15) is 11.1 Å². The molecule has 3 rings (SSSR count). The van der Waals surface area contributed by atoms with Gasteiger partial charge in [-0.25, -0.2) is 9.38 Å². The number of aliphatic imine (C=N–C) groups is 1. The van der Waals surface area contributed by atoms with Gasteiger partial charge in [0.25, 0.3) is 0 Å². The van der Waals surface area contributed by atoms with Gasteiger partial charge in [-0.1, -0.05) is 17.8 Å². The molecule has 7 heteroatoms. The van der Waals surface area contributed by atoms with Crippen molar-refractivity contribution in [2.24, 2.45) is 4.99 Å². The molecule has 2 amide bonds. The van der Waals surface area contributed by atoms with Crippen LogP contribution in [0.1, 0.15) is 24.5 Å². The number of aryl methyl sites for hydroxylation is 2. The quantitative estimate of drug-likeness (QED) is 0.809. The summed E-state index contributed by atoms with van der Waals surface area (Å²) in [6, 6.07) is 11.6. The zero-order valence-corrected chi connectivity index (χ0v) is 16.8. The van der Waals surface area contributed by atoms with Gasteiger partial charge in [0.2, 0.25) is 11.8 Å². The van der Waals surface area contributed by atoms with Crippen molar-refractivity contribution in [3.8, 4) is 0 Å². The van der Waals surface area contributed by atoms with E-state index in [-0.39, 0.29) is 24.1 Å². The highest BCUT2D eigenvalue weighted by Gasteiger charge is 2.38. The molecule has 0 radical (unpaired) electrons. The van der Waals surface area contributed by atoms with Crippen molar-refractivity contribution in [3.63, 3.8) is 0 Å². The predicted octanol–water partition coefficient (Wildman–Crippen LogP) is 4.42. The van der Waals surface area contributed by atoms with E-state index in [4.69, 9.17) is 0 Å². The van der Waals surface area contributed by atoms with Gasteiger partial charge in [-0.05, 0) is 68.3 Å². The van der Waals surface area contributed by atoms with Gasteiger partial charge in [0.05, 0.1) is 5.69 Å². The molecule has 1 atom stereocenters. The third-order valence-corrected chi connectivity index (χ3v) is 5.44. The molecule has 0 bridgehead atoms. The van der Waals surface area contributed by atoms with E-state index in [9.17, 15) is 14.0 Å². The maximum absolute atomic E-state index is 13.1. The first-order valence-electron chi connectivity index (χ1n) is 9.06. The molecule has 0 spiro atoms. The van der Waals surface area contributed by atoms with Crippen molar-refractivity contribution < 1.29 is 14.0 Å². The molecule has 1 fully saturated rings. The van der Waals surface area contributed by atoms with Gasteiger partial charge in [-0.3, -0.25) is 14.5 Å². The molecule has 0 aliphatic carbocycles. The number of rotatable bonds is 5. The van der Waals surface area contributed by atoms with Crippen LogP contribution in [0.15, 0.2) is 47.5 Å². The van der Waals surface area contributed by atoms with Crippen molar-refractivity contribution in [1.82, 2.24) is 4.90 Å². The standard InChI is InChI=1S/C21H22FN3O2S/c1-4-25-20(27)18(28-21(25)24-16-7-5-15(22)6-8-16)12-19(26)23-17-10-13(2)9-14(3)11-17/h5-11,18H,4,12H2,1-3H3,(H,23,26). The SMILES string of the molecule is CCN1C(=O)C(CC(=O)Nc2cc(C)cc(C)c2)SC1=Nc1ccc(F)cc1. The highest BCUT2D eigenvalue weighted by molar-refractivity contribution is 8.15. The van der Waals surface area contributed by atoms with E-state index < -0.39 is 5.25 Å². The second-order valence-corrected chi connectivity index (χ2v) is 7.86. The lowest BCUT2D eigenvalue weighted by molar-refractivity contribution is -0.128. The number of hydrogen-bond donors (Lipinski definition) is 1. The van der Waals surface area contributed by atoms with Crippen LogP contribution in [-0.2, 0) is 9.59 Å². The molecule has 5 nitrogen and oxygen atoms in total. The Balaban J connectivity index is 1.71. The maximum Gasteiger partial charge on any atom is 0.242 e. The van der Waals surface area contributed by atoms with E-state index in [0.29, 0.717) is 17.4 Å². The van der Waals surface area contributed by atoms with Crippen LogP contribution in [0.2, 0.25) is 0 Å². The molecule has 0 aromatic heterocycles. The average Bonchev–Trinajstić information content (AvgIpc) is 2.90. The molecule has 2 aromatic carbocycles. The molecule has 1 heterocycles. The molecule has 1 N–H and O–H groups in total. The number of anilines is 1. The molecular formula is C21H22FN3O2S. The van der Waals surface area contributed by atoms with E-state index in [2.05, 4.69) is 10.3 Å². The first kappa shape index (κ1) is 20.1. The van der Waals surface area contributed by atoms with E-state index in [0.717, 1.165) is 16.8 Å². The van der Waals surface area contributed by atoms with E-state index >= 15 is 0 Å². The molecule has 1 saturated heterocycles. The van der Waals surface area contributed by atoms with Crippen LogP contribution in [0.4, 0.5) is 15.8 Å². The zero-order chi connectivity index (χ0) is 20.3. The lowest BCUT2D eigenvalue weighted by Crippen LogP contribution is -2.33. The zero-order valence-electron chi connectivity index (χ0n) is 16.0. The molecule has 28 heavy (non-hydrogen) atoms. The Hall–Kier alpha value is -2.67. The van der Waals surface area contributed by atoms with Crippen LogP contribution in [0.3, 0.4) is 0 Å². The number of hydrogen-bond acceptors (Lipinski definition) is 4. The number of amidine groups is 1. The van der Waals surface area contributed by atoms with Gasteiger partial charge in [0, 0.05) is 18.7 Å². The summed E-state index contributed by atoms with van der Waals surface area (Å²) in [6.45, 7) is 6.25. The van der Waals surface area contributed by atoms with E-state index in [1.807, 2.05) is 39.0 Å². The lowest BCUT2D eigenvalue weighted by Gasteiger charge is -2.13. The average molecular weight is 399 g/mol. The highest BCUT2D eigenvalue weighted by atomic mass is 32.2. The highest BCUT2D eigenvalue weighted by Crippen LogP contribution is 2.31. The number of benzene rings is 2. The monoisotopic (exact) mass is 399 g/mol. The van der Waals surface area contributed by atoms with Gasteiger partial charge < -0.3 is 5.32 Å². The maximum atomic E-state index is 13.1. The minimum atomic E-state index is -0.523. The van der Waals surface area contributed by atoms with Crippen molar-refractivity contribution in [2.75, 3.05) is 11.9 Å². The Morgan fingerprint density at radius 3 is 2.43 bits per heavy atom. The Morgan fingerprint density at radius 1 is 1.18 bits per heavy atom. The fraction of sp³-hybridized carbons (Fsp3) is 0.286. The number of carbonyl (C=O) groups is 2. The third-order valence-electron chi connectivity index (χ3n) is 4.26. The minimum Gasteiger partial charge on any atom is -0.326 e. The molecule has 2 aromatic rings. The van der Waals surface area contributed by atoms with Crippen molar-refractivity contribution in [1.29, 1.82) is 0 Å². The number of carbonyl (C=O) groups excluding carboxylic acids is 2. The summed E-state index contributed by atoms with van der Waals surface area (Å²) in [7, 11) is 0. The fourth-order valence-corrected chi connectivity index (χ4v) is 4.29. The number of nitrogens with one attached hydrogen (secondary N) is 1. The molecule has 0 saturated carbocycles. The minimum absolute atomic E-state index is 0.0649. The summed E-state index contributed by atoms with van der Waals surface area (Å²) in [6.07, 6.45) is 0.0649. The lowest BCUT2D eigenvalue weighted by atomic mass is 10.1. The van der Waals surface area contributed by atoms with Gasteiger partial charge in [-0.15, -0.1) is 0 Å². The predicted molar refractivity (Wildman–Crippen MR) is 111 cm³/mol. The summed E-state index contributed by atoms with van der Waals surface area (Å²) in [4.78, 5) is 31.1. The van der Waals surface area contributed by atoms with Crippen LogP contribution in [-0.4, -0.2) is 33.7 Å². The smallest absolute Gasteiger partial charge is 0.242 e. The number of thioether (sulfide) groups is 1. The third kappa shape index (κ3) is 4.78. The number of halogens is 1. The first-order chi connectivity index (χ1) is 13.4. The Bertz CT molecular complexity index is 907. The second kappa shape index (κ2) is 8.56. The second-order valence-electron chi connectivity index (χ2n) is 6.69. The summed E-state index contributed by atoms with van der Waals surface area (Å²) in [5.41, 5.74) is 3.42.